The van der Waals surface area contributed by atoms with E-state index in [0.29, 0.717) is 57.6 Å². The maximum Gasteiger partial charge on any atom is 0.341 e. The van der Waals surface area contributed by atoms with Gasteiger partial charge in [0.25, 0.3) is 5.91 Å². The normalized spacial score (nSPS) is 18.1. The Kier molecular flexibility index (Phi) is 7.79. The molecule has 1 fully saturated rings. The van der Waals surface area contributed by atoms with E-state index >= 15 is 0 Å². The molecule has 3 heterocycles. The third-order valence-corrected chi connectivity index (χ3v) is 10.0. The van der Waals surface area contributed by atoms with Crippen LogP contribution in [0.15, 0.2) is 18.2 Å². The third-order valence-electron chi connectivity index (χ3n) is 6.97. The summed E-state index contributed by atoms with van der Waals surface area (Å²) >= 11 is 15.4. The van der Waals surface area contributed by atoms with Crippen LogP contribution in [0.4, 0.5) is 5.00 Å². The number of rotatable bonds is 5. The van der Waals surface area contributed by atoms with Gasteiger partial charge in [-0.15, -0.1) is 22.7 Å². The number of nitrogens with zero attached hydrogens (tertiary/aromatic N) is 2. The molecule has 2 aliphatic rings. The Morgan fingerprint density at radius 2 is 1.89 bits per heavy atom. The maximum atomic E-state index is 13.2. The Balaban J connectivity index is 1.21. The molecule has 0 saturated carbocycles. The molecule has 0 radical (unpaired) electrons. The molecule has 3 aromatic rings. The van der Waals surface area contributed by atoms with Gasteiger partial charge in [0, 0.05) is 46.2 Å². The molecule has 37 heavy (non-hydrogen) atoms. The van der Waals surface area contributed by atoms with Crippen LogP contribution in [0.5, 0.6) is 0 Å². The van der Waals surface area contributed by atoms with Gasteiger partial charge in [-0.25, -0.2) is 4.79 Å². The SMILES string of the molecule is COC(=O)c1c(NC(=O)CN2CCN(C(=O)c3sc4cc(Cl)ccc4c3Cl)CC2)sc2c1CC[C@H](C)C2. The number of amides is 2. The highest BCUT2D eigenvalue weighted by atomic mass is 35.5. The van der Waals surface area contributed by atoms with Crippen molar-refractivity contribution < 1.29 is 19.1 Å². The van der Waals surface area contributed by atoms with E-state index < -0.39 is 5.97 Å². The Morgan fingerprint density at radius 3 is 2.62 bits per heavy atom. The summed E-state index contributed by atoms with van der Waals surface area (Å²) in [6, 6.07) is 5.41. The zero-order chi connectivity index (χ0) is 26.3. The molecule has 2 amide bonds. The number of benzene rings is 1. The van der Waals surface area contributed by atoms with Crippen LogP contribution in [-0.2, 0) is 22.4 Å². The molecule has 5 rings (SSSR count). The molecule has 7 nitrogen and oxygen atoms in total. The van der Waals surface area contributed by atoms with E-state index in [1.165, 1.54) is 29.8 Å². The number of carbonyl (C=O) groups is 3. The molecule has 1 aliphatic heterocycles. The van der Waals surface area contributed by atoms with Gasteiger partial charge in [-0.3, -0.25) is 14.5 Å². The van der Waals surface area contributed by atoms with Gasteiger partial charge in [-0.2, -0.15) is 0 Å². The van der Waals surface area contributed by atoms with Crippen molar-refractivity contribution >= 4 is 78.7 Å². The summed E-state index contributed by atoms with van der Waals surface area (Å²) in [7, 11) is 1.37. The van der Waals surface area contributed by atoms with Gasteiger partial charge in [0.1, 0.15) is 9.88 Å². The number of halogens is 2. The quantitative estimate of drug-likeness (QED) is 0.399. The second-order valence-electron chi connectivity index (χ2n) is 9.55. The van der Waals surface area contributed by atoms with Gasteiger partial charge in [-0.05, 0) is 42.9 Å². The summed E-state index contributed by atoms with van der Waals surface area (Å²) in [6.07, 6.45) is 2.75. The van der Waals surface area contributed by atoms with Crippen LogP contribution in [0, 0.1) is 5.92 Å². The van der Waals surface area contributed by atoms with Crippen LogP contribution in [0.25, 0.3) is 10.1 Å². The predicted octanol–water partition coefficient (Wildman–Crippen LogP) is 5.58. The average Bonchev–Trinajstić information content (AvgIpc) is 3.39. The summed E-state index contributed by atoms with van der Waals surface area (Å²) in [5.41, 5.74) is 1.51. The fourth-order valence-corrected chi connectivity index (χ4v) is 8.13. The van der Waals surface area contributed by atoms with Crippen molar-refractivity contribution in [3.8, 4) is 0 Å². The van der Waals surface area contributed by atoms with Crippen LogP contribution >= 0.6 is 45.9 Å². The number of fused-ring (bicyclic) bond motifs is 2. The van der Waals surface area contributed by atoms with E-state index in [9.17, 15) is 14.4 Å². The second kappa shape index (κ2) is 10.9. The number of piperazine rings is 1. The Bertz CT molecular complexity index is 1380. The van der Waals surface area contributed by atoms with E-state index in [2.05, 4.69) is 12.2 Å². The molecule has 1 aromatic carbocycles. The minimum Gasteiger partial charge on any atom is -0.465 e. The summed E-state index contributed by atoms with van der Waals surface area (Å²) < 4.78 is 5.90. The molecule has 0 bridgehead atoms. The van der Waals surface area contributed by atoms with Crippen molar-refractivity contribution in [1.29, 1.82) is 0 Å². The lowest BCUT2D eigenvalue weighted by atomic mass is 9.88. The Labute approximate surface area is 233 Å². The fraction of sp³-hybridized carbons (Fsp3) is 0.423. The molecule has 11 heteroatoms. The first kappa shape index (κ1) is 26.4. The molecule has 196 valence electrons. The largest absolute Gasteiger partial charge is 0.465 e. The Hall–Kier alpha value is -2.17. The number of carbonyl (C=O) groups excluding carboxylic acids is 3. The topological polar surface area (TPSA) is 79.0 Å². The number of anilines is 1. The monoisotopic (exact) mass is 579 g/mol. The summed E-state index contributed by atoms with van der Waals surface area (Å²) in [5.74, 6) is -0.135. The highest BCUT2D eigenvalue weighted by molar-refractivity contribution is 7.21. The van der Waals surface area contributed by atoms with Crippen molar-refractivity contribution in [3.05, 3.63) is 49.1 Å². The number of methoxy groups -OCH3 is 1. The second-order valence-corrected chi connectivity index (χ2v) is 12.5. The molecule has 1 atom stereocenters. The lowest BCUT2D eigenvalue weighted by Gasteiger charge is -2.34. The summed E-state index contributed by atoms with van der Waals surface area (Å²) in [5, 5.41) is 5.42. The highest BCUT2D eigenvalue weighted by Crippen LogP contribution is 2.40. The van der Waals surface area contributed by atoms with Gasteiger partial charge >= 0.3 is 5.97 Å². The first-order valence-electron chi connectivity index (χ1n) is 12.2. The number of esters is 1. The van der Waals surface area contributed by atoms with E-state index in [1.807, 2.05) is 17.0 Å². The number of hydrogen-bond donors (Lipinski definition) is 1. The summed E-state index contributed by atoms with van der Waals surface area (Å²) in [4.78, 5) is 44.1. The summed E-state index contributed by atoms with van der Waals surface area (Å²) in [6.45, 7) is 4.51. The number of hydrogen-bond acceptors (Lipinski definition) is 7. The van der Waals surface area contributed by atoms with Crippen molar-refractivity contribution in [2.45, 2.75) is 26.2 Å². The van der Waals surface area contributed by atoms with Crippen molar-refractivity contribution in [2.24, 2.45) is 5.92 Å². The van der Waals surface area contributed by atoms with Crippen LogP contribution in [0.3, 0.4) is 0 Å². The smallest absolute Gasteiger partial charge is 0.341 e. The van der Waals surface area contributed by atoms with Crippen molar-refractivity contribution in [2.75, 3.05) is 45.2 Å². The third kappa shape index (κ3) is 5.38. The zero-order valence-corrected chi connectivity index (χ0v) is 23.7. The van der Waals surface area contributed by atoms with Crippen LogP contribution in [-0.4, -0.2) is 67.4 Å². The number of nitrogens with one attached hydrogen (secondary N) is 1. The Morgan fingerprint density at radius 1 is 1.14 bits per heavy atom. The molecule has 1 saturated heterocycles. The van der Waals surface area contributed by atoms with E-state index in [1.54, 1.807) is 11.0 Å². The lowest BCUT2D eigenvalue weighted by Crippen LogP contribution is -2.50. The predicted molar refractivity (Wildman–Crippen MR) is 150 cm³/mol. The maximum absolute atomic E-state index is 13.2. The van der Waals surface area contributed by atoms with Crippen molar-refractivity contribution in [3.63, 3.8) is 0 Å². The molecular weight excluding hydrogens is 553 g/mol. The molecule has 1 N–H and O–H groups in total. The molecule has 0 spiro atoms. The fourth-order valence-electron chi connectivity index (χ4n) is 4.96. The van der Waals surface area contributed by atoms with Crippen LogP contribution in [0.2, 0.25) is 10.0 Å². The van der Waals surface area contributed by atoms with Gasteiger partial charge < -0.3 is 15.0 Å². The minimum atomic E-state index is -0.406. The molecule has 1 aliphatic carbocycles. The van der Waals surface area contributed by atoms with Gasteiger partial charge in [-0.1, -0.05) is 36.2 Å². The molecule has 2 aromatic heterocycles. The first-order valence-corrected chi connectivity index (χ1v) is 14.6. The van der Waals surface area contributed by atoms with Gasteiger partial charge in [0.05, 0.1) is 24.2 Å². The highest BCUT2D eigenvalue weighted by Gasteiger charge is 2.30. The lowest BCUT2D eigenvalue weighted by molar-refractivity contribution is -0.117. The zero-order valence-electron chi connectivity index (χ0n) is 20.6. The van der Waals surface area contributed by atoms with E-state index in [-0.39, 0.29) is 18.4 Å². The van der Waals surface area contributed by atoms with Crippen LogP contribution in [0.1, 0.15) is 43.8 Å². The minimum absolute atomic E-state index is 0.104. The van der Waals surface area contributed by atoms with Crippen molar-refractivity contribution in [1.82, 2.24) is 9.80 Å². The van der Waals surface area contributed by atoms with Gasteiger partial charge in [0.2, 0.25) is 5.91 Å². The molecular formula is C26H27Cl2N3O4S2. The molecule has 0 unspecified atom stereocenters. The number of ether oxygens (including phenoxy) is 1. The first-order chi connectivity index (χ1) is 17.7. The van der Waals surface area contributed by atoms with E-state index in [0.717, 1.165) is 39.8 Å². The van der Waals surface area contributed by atoms with Crippen LogP contribution < -0.4 is 5.32 Å². The average molecular weight is 581 g/mol. The standard InChI is InChI=1S/C26H27Cl2N3O4S2/c1-14-3-5-16-18(11-14)37-24(21(16)26(34)35-2)29-20(32)13-30-7-9-31(10-8-30)25(33)23-22(28)17-6-4-15(27)12-19(17)36-23/h4,6,12,14H,3,5,7-11,13H2,1-2H3,(H,29,32)/t14-/m0/s1. The van der Waals surface area contributed by atoms with Gasteiger partial charge in [0.15, 0.2) is 0 Å². The van der Waals surface area contributed by atoms with E-state index in [4.69, 9.17) is 27.9 Å². The number of thiophene rings is 2.